The first-order chi connectivity index (χ1) is 5.82. The summed E-state index contributed by atoms with van der Waals surface area (Å²) < 4.78 is 32.8. The van der Waals surface area contributed by atoms with Crippen molar-refractivity contribution in [3.63, 3.8) is 0 Å². The zero-order valence-electron chi connectivity index (χ0n) is 7.24. The fraction of sp³-hybridized carbons (Fsp3) is 0.143. The summed E-state index contributed by atoms with van der Waals surface area (Å²) in [4.78, 5) is 0.0631. The van der Waals surface area contributed by atoms with Crippen LogP contribution in [-0.2, 0) is 62.4 Å². The molecule has 0 bridgehead atoms. The van der Waals surface area contributed by atoms with Crippen LogP contribution in [0, 0.1) is 6.92 Å². The Morgan fingerprint density at radius 3 is 1.92 bits per heavy atom. The average molecular weight is 571 g/mol. The van der Waals surface area contributed by atoms with Crippen molar-refractivity contribution < 1.29 is 65.2 Å². The maximum absolute atomic E-state index is 10.8. The molecule has 0 aliphatic rings. The van der Waals surface area contributed by atoms with E-state index in [-0.39, 0.29) is 4.90 Å². The second-order valence-corrected chi connectivity index (χ2v) is 10.2. The van der Waals surface area contributed by atoms with Crippen LogP contribution in [0.25, 0.3) is 0 Å². The van der Waals surface area contributed by atoms with Gasteiger partial charge in [0, 0.05) is 0 Å². The monoisotopic (exact) mass is 574 g/mol. The van der Waals surface area contributed by atoms with Crippen LogP contribution in [0.4, 0.5) is 0 Å². The molecule has 0 saturated carbocycles. The van der Waals surface area contributed by atoms with Gasteiger partial charge in [-0.3, -0.25) is 0 Å². The van der Waals surface area contributed by atoms with Gasteiger partial charge in [-0.2, -0.15) is 0 Å². The van der Waals surface area contributed by atoms with E-state index in [0.29, 0.717) is 52.2 Å². The van der Waals surface area contributed by atoms with Crippen molar-refractivity contribution >= 4 is 16.3 Å². The summed E-state index contributed by atoms with van der Waals surface area (Å²) in [5.41, 5.74) is 1.22. The van der Waals surface area contributed by atoms with Crippen LogP contribution in [0.3, 0.4) is 0 Å². The molecule has 0 atom stereocenters. The summed E-state index contributed by atoms with van der Waals surface area (Å²) in [6.45, 7) is 2.01. The third-order valence-corrected chi connectivity index (χ3v) is 8.44. The van der Waals surface area contributed by atoms with E-state index in [2.05, 4.69) is 0 Å². The predicted molar refractivity (Wildman–Crippen MR) is 40.3 cm³/mol. The summed E-state index contributed by atoms with van der Waals surface area (Å²) in [5.74, 6) is 0. The third-order valence-electron chi connectivity index (χ3n) is 1.89. The van der Waals surface area contributed by atoms with Crippen LogP contribution < -0.4 is 6.14 Å². The van der Waals surface area contributed by atoms with Crippen LogP contribution in [-0.4, -0.2) is 13.0 Å². The van der Waals surface area contributed by atoms with Gasteiger partial charge in [-0.05, 0) is 0 Å². The molecule has 1 aromatic rings. The van der Waals surface area contributed by atoms with Gasteiger partial charge in [0.1, 0.15) is 0 Å². The predicted octanol–water partition coefficient (Wildman–Crippen LogP) is -0.414. The molecule has 3 nitrogen and oxygen atoms in total. The number of rotatable bonds is 1. The molecule has 1 N–H and O–H groups in total. The molecule has 1 aromatic carbocycles. The Morgan fingerprint density at radius 1 is 1.23 bits per heavy atom. The SMILES string of the molecule is Cc1[c]([Hg])cc(S(=O)(=O)O)c[c]1[Hg]. The van der Waals surface area contributed by atoms with Gasteiger partial charge in [0.05, 0.1) is 0 Å². The van der Waals surface area contributed by atoms with E-state index in [1.54, 1.807) is 12.1 Å². The van der Waals surface area contributed by atoms with Crippen LogP contribution in [0.15, 0.2) is 17.0 Å². The fourth-order valence-electron chi connectivity index (χ4n) is 0.957. The molecular formula is C7H6Hg2O3S. The van der Waals surface area contributed by atoms with Crippen LogP contribution >= 0.6 is 0 Å². The number of hydrogen-bond acceptors (Lipinski definition) is 2. The number of benzene rings is 1. The first-order valence-electron chi connectivity index (χ1n) is 3.58. The molecular weight excluding hydrogens is 565 g/mol. The van der Waals surface area contributed by atoms with Crippen molar-refractivity contribution in [2.45, 2.75) is 11.8 Å². The summed E-state index contributed by atoms with van der Waals surface area (Å²) in [6, 6.07) is 3.17. The molecule has 0 unspecified atom stereocenters. The minimum atomic E-state index is -4.00. The Bertz CT molecular complexity index is 416. The van der Waals surface area contributed by atoms with Gasteiger partial charge < -0.3 is 0 Å². The van der Waals surface area contributed by atoms with Crippen molar-refractivity contribution in [2.24, 2.45) is 0 Å². The zero-order valence-corrected chi connectivity index (χ0v) is 19.1. The second-order valence-electron chi connectivity index (χ2n) is 2.84. The van der Waals surface area contributed by atoms with E-state index in [9.17, 15) is 8.42 Å². The molecule has 0 aliphatic heterocycles. The van der Waals surface area contributed by atoms with Gasteiger partial charge in [-0.1, -0.05) is 0 Å². The third kappa shape index (κ3) is 2.97. The summed E-state index contributed by atoms with van der Waals surface area (Å²) in [5, 5.41) is 0. The quantitative estimate of drug-likeness (QED) is 0.369. The molecule has 0 spiro atoms. The summed E-state index contributed by atoms with van der Waals surface area (Å²) >= 11 is 0.797. The van der Waals surface area contributed by atoms with Crippen molar-refractivity contribution in [1.82, 2.24) is 0 Å². The summed E-state index contributed by atoms with van der Waals surface area (Å²) in [7, 11) is -4.00. The molecule has 1 rings (SSSR count). The molecule has 0 aromatic heterocycles. The molecule has 62 valence electrons. The first kappa shape index (κ1) is 12.1. The molecule has 6 heteroatoms. The molecule has 0 radical (unpaired) electrons. The normalized spacial score (nSPS) is 11.8. The van der Waals surface area contributed by atoms with Gasteiger partial charge in [0.25, 0.3) is 0 Å². The van der Waals surface area contributed by atoms with E-state index in [1.165, 1.54) is 5.56 Å². The van der Waals surface area contributed by atoms with E-state index < -0.39 is 10.1 Å². The topological polar surface area (TPSA) is 54.4 Å². The Labute approximate surface area is 110 Å². The van der Waals surface area contributed by atoms with Gasteiger partial charge >= 0.3 is 111 Å². The van der Waals surface area contributed by atoms with Crippen LogP contribution in [0.5, 0.6) is 0 Å². The molecule has 0 amide bonds. The van der Waals surface area contributed by atoms with Crippen molar-refractivity contribution in [1.29, 1.82) is 0 Å². The van der Waals surface area contributed by atoms with Crippen molar-refractivity contribution in [3.05, 3.63) is 17.7 Å². The Hall–Kier alpha value is 1.00. The van der Waals surface area contributed by atoms with Gasteiger partial charge in [-0.15, -0.1) is 0 Å². The van der Waals surface area contributed by atoms with E-state index >= 15 is 0 Å². The zero-order chi connectivity index (χ0) is 10.2. The number of hydrogen-bond donors (Lipinski definition) is 1. The van der Waals surface area contributed by atoms with Crippen LogP contribution in [0.1, 0.15) is 5.56 Å². The molecule has 0 heterocycles. The standard InChI is InChI=1S/C7H6O3S.2Hg/c1-6-2-4-7(5-3-6)11(8,9)10;;/h4-5H,1H3,(H,8,9,10);;. The van der Waals surface area contributed by atoms with Crippen LogP contribution in [0.2, 0.25) is 0 Å². The molecule has 0 saturated heterocycles. The molecule has 0 aliphatic carbocycles. The fourth-order valence-corrected chi connectivity index (χ4v) is 9.94. The van der Waals surface area contributed by atoms with E-state index in [4.69, 9.17) is 4.55 Å². The van der Waals surface area contributed by atoms with Gasteiger partial charge in [0.15, 0.2) is 0 Å². The second kappa shape index (κ2) is 4.24. The molecule has 0 fully saturated rings. The van der Waals surface area contributed by atoms with E-state index in [0.717, 1.165) is 6.14 Å². The Balaban J connectivity index is 3.47. The van der Waals surface area contributed by atoms with Gasteiger partial charge in [0.2, 0.25) is 0 Å². The average Bonchev–Trinajstić information content (AvgIpc) is 1.97. The molecule has 13 heavy (non-hydrogen) atoms. The first-order valence-corrected chi connectivity index (χ1v) is 10.5. The van der Waals surface area contributed by atoms with Crippen molar-refractivity contribution in [3.8, 4) is 0 Å². The van der Waals surface area contributed by atoms with Crippen molar-refractivity contribution in [2.75, 3.05) is 0 Å². The van der Waals surface area contributed by atoms with Gasteiger partial charge in [-0.25, -0.2) is 0 Å². The summed E-state index contributed by atoms with van der Waals surface area (Å²) in [6.07, 6.45) is 0. The minimum absolute atomic E-state index is 0.0631. The Morgan fingerprint density at radius 2 is 1.62 bits per heavy atom. The Kier molecular flexibility index (Phi) is 3.94. The maximum atomic E-state index is 10.8. The van der Waals surface area contributed by atoms with E-state index in [1.807, 2.05) is 6.92 Å².